The van der Waals surface area contributed by atoms with Crippen LogP contribution in [0.25, 0.3) is 0 Å². The topological polar surface area (TPSA) is 77.4 Å². The van der Waals surface area contributed by atoms with Crippen LogP contribution in [-0.4, -0.2) is 47.8 Å². The Morgan fingerprint density at radius 1 is 0.833 bits per heavy atom. The molecule has 6 atom stereocenters. The average molecular weight is 414 g/mol. The second kappa shape index (κ2) is 8.75. The Labute approximate surface area is 177 Å². The molecule has 2 heterocycles. The third kappa shape index (κ3) is 4.17. The summed E-state index contributed by atoms with van der Waals surface area (Å²) < 4.78 is 24.4. The number of hydrogen-bond donors (Lipinski definition) is 2. The molecule has 2 unspecified atom stereocenters. The molecule has 2 aliphatic rings. The first-order valence-electron chi connectivity index (χ1n) is 10.4. The summed E-state index contributed by atoms with van der Waals surface area (Å²) in [7, 11) is 0. The van der Waals surface area contributed by atoms with Crippen molar-refractivity contribution in [2.24, 2.45) is 0 Å². The summed E-state index contributed by atoms with van der Waals surface area (Å²) in [5.41, 5.74) is 6.43. The van der Waals surface area contributed by atoms with Gasteiger partial charge in [0.05, 0.1) is 13.2 Å². The second-order valence-corrected chi connectivity index (χ2v) is 8.31. The predicted molar refractivity (Wildman–Crippen MR) is 111 cm³/mol. The number of fused-ring (bicyclic) bond motifs is 1. The maximum Gasteiger partial charge on any atom is 0.184 e. The van der Waals surface area contributed by atoms with Crippen molar-refractivity contribution in [3.63, 3.8) is 0 Å². The highest BCUT2D eigenvalue weighted by Crippen LogP contribution is 2.39. The summed E-state index contributed by atoms with van der Waals surface area (Å²) in [6.07, 6.45) is -4.05. The summed E-state index contributed by atoms with van der Waals surface area (Å²) in [5.74, 6) is 0. The minimum Gasteiger partial charge on any atom is -0.394 e. The first-order valence-corrected chi connectivity index (χ1v) is 10.4. The molecule has 0 spiro atoms. The van der Waals surface area contributed by atoms with Gasteiger partial charge >= 0.3 is 0 Å². The number of aryl methyl sites for hydroxylation is 4. The molecule has 2 saturated heterocycles. The Kier molecular flexibility index (Phi) is 6.25. The monoisotopic (exact) mass is 414 g/mol. The van der Waals surface area contributed by atoms with Crippen molar-refractivity contribution in [2.45, 2.75) is 64.7 Å². The minimum absolute atomic E-state index is 0.307. The van der Waals surface area contributed by atoms with E-state index in [2.05, 4.69) is 6.92 Å². The lowest BCUT2D eigenvalue weighted by Crippen LogP contribution is -2.58. The van der Waals surface area contributed by atoms with Crippen LogP contribution in [0.15, 0.2) is 36.4 Å². The molecule has 0 aromatic heterocycles. The first-order chi connectivity index (χ1) is 14.4. The van der Waals surface area contributed by atoms with Gasteiger partial charge in [-0.1, -0.05) is 36.4 Å². The molecular formula is C24H30O6. The first kappa shape index (κ1) is 21.4. The van der Waals surface area contributed by atoms with Gasteiger partial charge in [-0.05, 0) is 49.9 Å². The molecule has 2 aliphatic heterocycles. The standard InChI is InChI=1S/C24H30O6/c1-13-5-7-17(9-15(13)3)23-27-12-20-22(30-23)21(19(26)11-25)29-24(28-20)18-8-6-14(2)16(4)10-18/h5-10,19-26H,11-12H2,1-4H3/t19-,20+,21-,22-,23?,24?/m1/s1. The van der Waals surface area contributed by atoms with Crippen LogP contribution in [0.1, 0.15) is 46.0 Å². The van der Waals surface area contributed by atoms with Gasteiger partial charge < -0.3 is 29.2 Å². The van der Waals surface area contributed by atoms with Crippen LogP contribution in [0.2, 0.25) is 0 Å². The number of aliphatic hydroxyl groups is 2. The highest BCUT2D eigenvalue weighted by molar-refractivity contribution is 5.32. The molecule has 0 amide bonds. The smallest absolute Gasteiger partial charge is 0.184 e. The van der Waals surface area contributed by atoms with E-state index in [0.29, 0.717) is 6.61 Å². The van der Waals surface area contributed by atoms with Crippen LogP contribution in [0.3, 0.4) is 0 Å². The molecule has 2 fully saturated rings. The van der Waals surface area contributed by atoms with E-state index in [4.69, 9.17) is 18.9 Å². The van der Waals surface area contributed by atoms with Crippen LogP contribution in [-0.2, 0) is 18.9 Å². The molecule has 6 heteroatoms. The molecule has 0 radical (unpaired) electrons. The van der Waals surface area contributed by atoms with Crippen molar-refractivity contribution in [3.05, 3.63) is 69.8 Å². The second-order valence-electron chi connectivity index (χ2n) is 8.31. The van der Waals surface area contributed by atoms with Crippen molar-refractivity contribution in [2.75, 3.05) is 13.2 Å². The molecule has 6 nitrogen and oxygen atoms in total. The maximum absolute atomic E-state index is 10.5. The van der Waals surface area contributed by atoms with Gasteiger partial charge in [0, 0.05) is 11.1 Å². The average Bonchev–Trinajstić information content (AvgIpc) is 2.75. The molecular weight excluding hydrogens is 384 g/mol. The van der Waals surface area contributed by atoms with Crippen LogP contribution in [0, 0.1) is 27.7 Å². The Morgan fingerprint density at radius 3 is 2.00 bits per heavy atom. The van der Waals surface area contributed by atoms with Gasteiger partial charge in [-0.2, -0.15) is 0 Å². The fourth-order valence-corrected chi connectivity index (χ4v) is 3.93. The normalized spacial score (nSPS) is 30.0. The lowest BCUT2D eigenvalue weighted by atomic mass is 9.98. The van der Waals surface area contributed by atoms with Crippen molar-refractivity contribution in [3.8, 4) is 0 Å². The zero-order valence-corrected chi connectivity index (χ0v) is 17.9. The largest absolute Gasteiger partial charge is 0.394 e. The summed E-state index contributed by atoms with van der Waals surface area (Å²) >= 11 is 0. The van der Waals surface area contributed by atoms with Gasteiger partial charge in [-0.3, -0.25) is 0 Å². The van der Waals surface area contributed by atoms with E-state index in [1.807, 2.05) is 57.2 Å². The summed E-state index contributed by atoms with van der Waals surface area (Å²) in [5, 5.41) is 20.1. The summed E-state index contributed by atoms with van der Waals surface area (Å²) in [6.45, 7) is 8.07. The zero-order valence-electron chi connectivity index (χ0n) is 17.9. The van der Waals surface area contributed by atoms with Gasteiger partial charge in [0.1, 0.15) is 24.4 Å². The maximum atomic E-state index is 10.5. The highest BCUT2D eigenvalue weighted by Gasteiger charge is 2.48. The number of benzene rings is 2. The third-order valence-corrected chi connectivity index (χ3v) is 6.13. The molecule has 162 valence electrons. The zero-order chi connectivity index (χ0) is 21.4. The highest BCUT2D eigenvalue weighted by atomic mass is 16.8. The molecule has 30 heavy (non-hydrogen) atoms. The van der Waals surface area contributed by atoms with Gasteiger partial charge in [0.15, 0.2) is 12.6 Å². The summed E-state index contributed by atoms with van der Waals surface area (Å²) in [6, 6.07) is 12.1. The van der Waals surface area contributed by atoms with E-state index in [1.54, 1.807) is 0 Å². The third-order valence-electron chi connectivity index (χ3n) is 6.13. The van der Waals surface area contributed by atoms with E-state index < -0.39 is 43.6 Å². The fraction of sp³-hybridized carbons (Fsp3) is 0.500. The molecule has 0 bridgehead atoms. The summed E-state index contributed by atoms with van der Waals surface area (Å²) in [4.78, 5) is 0. The van der Waals surface area contributed by atoms with E-state index in [1.165, 1.54) is 11.1 Å². The molecule has 0 saturated carbocycles. The van der Waals surface area contributed by atoms with Gasteiger partial charge in [0.2, 0.25) is 0 Å². The Bertz CT molecular complexity index is 895. The lowest BCUT2D eigenvalue weighted by molar-refractivity contribution is -0.373. The van der Waals surface area contributed by atoms with Crippen molar-refractivity contribution >= 4 is 0 Å². The minimum atomic E-state index is -1.09. The number of hydrogen-bond acceptors (Lipinski definition) is 6. The van der Waals surface area contributed by atoms with Crippen molar-refractivity contribution < 1.29 is 29.2 Å². The van der Waals surface area contributed by atoms with E-state index in [9.17, 15) is 10.2 Å². The van der Waals surface area contributed by atoms with E-state index >= 15 is 0 Å². The van der Waals surface area contributed by atoms with Crippen LogP contribution >= 0.6 is 0 Å². The Hall–Kier alpha value is -1.80. The number of ether oxygens (including phenoxy) is 4. The molecule has 2 aromatic carbocycles. The fourth-order valence-electron chi connectivity index (χ4n) is 3.93. The lowest BCUT2D eigenvalue weighted by Gasteiger charge is -2.47. The van der Waals surface area contributed by atoms with E-state index in [-0.39, 0.29) is 0 Å². The number of rotatable bonds is 4. The number of aliphatic hydroxyl groups excluding tert-OH is 2. The quantitative estimate of drug-likeness (QED) is 0.800. The Morgan fingerprint density at radius 2 is 1.43 bits per heavy atom. The van der Waals surface area contributed by atoms with Crippen LogP contribution < -0.4 is 0 Å². The molecule has 4 rings (SSSR count). The SMILES string of the molecule is Cc1ccc(C2OC[C@@H]3OC(c4ccc(C)c(C)c4)O[C@H]([C@H](O)CO)[C@@H]3O2)cc1C. The van der Waals surface area contributed by atoms with Gasteiger partial charge in [-0.15, -0.1) is 0 Å². The van der Waals surface area contributed by atoms with E-state index in [0.717, 1.165) is 22.3 Å². The molecule has 2 aromatic rings. The van der Waals surface area contributed by atoms with Crippen molar-refractivity contribution in [1.29, 1.82) is 0 Å². The van der Waals surface area contributed by atoms with Crippen molar-refractivity contribution in [1.82, 2.24) is 0 Å². The van der Waals surface area contributed by atoms with Gasteiger partial charge in [-0.25, -0.2) is 0 Å². The van der Waals surface area contributed by atoms with Crippen LogP contribution in [0.5, 0.6) is 0 Å². The molecule has 0 aliphatic carbocycles. The predicted octanol–water partition coefficient (Wildman–Crippen LogP) is 3.17. The Balaban J connectivity index is 1.57. The van der Waals surface area contributed by atoms with Gasteiger partial charge in [0.25, 0.3) is 0 Å². The molecule has 2 N–H and O–H groups in total. The van der Waals surface area contributed by atoms with Crippen LogP contribution in [0.4, 0.5) is 0 Å².